The molecule has 2 aromatic heterocycles. The second kappa shape index (κ2) is 8.02. The van der Waals surface area contributed by atoms with Gasteiger partial charge >= 0.3 is 0 Å². The summed E-state index contributed by atoms with van der Waals surface area (Å²) in [5.41, 5.74) is 0.574. The van der Waals surface area contributed by atoms with Crippen LogP contribution >= 0.6 is 0 Å². The Morgan fingerprint density at radius 3 is 2.36 bits per heavy atom. The van der Waals surface area contributed by atoms with E-state index in [2.05, 4.69) is 9.88 Å². The van der Waals surface area contributed by atoms with Crippen molar-refractivity contribution in [1.29, 1.82) is 0 Å². The van der Waals surface area contributed by atoms with Crippen LogP contribution in [-0.4, -0.2) is 77.1 Å². The summed E-state index contributed by atoms with van der Waals surface area (Å²) in [6.07, 6.45) is 4.07. The van der Waals surface area contributed by atoms with Gasteiger partial charge < -0.3 is 24.2 Å². The van der Waals surface area contributed by atoms with Gasteiger partial charge in [0.05, 0.1) is 17.9 Å². The summed E-state index contributed by atoms with van der Waals surface area (Å²) in [4.78, 5) is 35.5. The van der Waals surface area contributed by atoms with Crippen molar-refractivity contribution in [2.45, 2.75) is 18.9 Å². The summed E-state index contributed by atoms with van der Waals surface area (Å²) in [6.45, 7) is 3.39. The highest BCUT2D eigenvalue weighted by Gasteiger charge is 2.29. The number of rotatable bonds is 3. The van der Waals surface area contributed by atoms with E-state index in [1.165, 1.54) is 6.26 Å². The van der Waals surface area contributed by atoms with Crippen molar-refractivity contribution in [3.05, 3.63) is 48.0 Å². The largest absolute Gasteiger partial charge is 0.459 e. The fourth-order valence-electron chi connectivity index (χ4n) is 3.73. The Balaban J connectivity index is 1.44. The molecule has 0 spiro atoms. The minimum atomic E-state index is -0.322. The average molecular weight is 384 g/mol. The summed E-state index contributed by atoms with van der Waals surface area (Å²) in [7, 11) is 0. The molecular weight excluding hydrogens is 360 g/mol. The van der Waals surface area contributed by atoms with Gasteiger partial charge in [0.1, 0.15) is 5.82 Å². The molecule has 4 heterocycles. The van der Waals surface area contributed by atoms with Crippen molar-refractivity contribution in [1.82, 2.24) is 14.8 Å². The molecule has 28 heavy (non-hydrogen) atoms. The summed E-state index contributed by atoms with van der Waals surface area (Å²) in [6, 6.07) is 6.94. The third-order valence-corrected chi connectivity index (χ3v) is 5.37. The van der Waals surface area contributed by atoms with Crippen molar-refractivity contribution in [2.24, 2.45) is 0 Å². The van der Waals surface area contributed by atoms with Gasteiger partial charge in [0.15, 0.2) is 5.76 Å². The Kier molecular flexibility index (Phi) is 5.29. The second-order valence-corrected chi connectivity index (χ2v) is 7.15. The van der Waals surface area contributed by atoms with E-state index in [4.69, 9.17) is 4.42 Å². The topological polar surface area (TPSA) is 90.1 Å². The molecule has 2 amide bonds. The first-order valence-corrected chi connectivity index (χ1v) is 9.63. The molecule has 2 aromatic rings. The van der Waals surface area contributed by atoms with Crippen LogP contribution in [0, 0.1) is 0 Å². The number of hydrogen-bond acceptors (Lipinski definition) is 6. The van der Waals surface area contributed by atoms with E-state index in [0.29, 0.717) is 69.3 Å². The highest BCUT2D eigenvalue weighted by Crippen LogP contribution is 2.23. The molecule has 0 atom stereocenters. The van der Waals surface area contributed by atoms with Crippen molar-refractivity contribution in [3.63, 3.8) is 0 Å². The number of amides is 2. The van der Waals surface area contributed by atoms with Crippen molar-refractivity contribution < 1.29 is 19.1 Å². The first kappa shape index (κ1) is 18.5. The van der Waals surface area contributed by atoms with E-state index < -0.39 is 0 Å². The van der Waals surface area contributed by atoms with E-state index in [0.717, 1.165) is 0 Å². The van der Waals surface area contributed by atoms with E-state index in [-0.39, 0.29) is 17.9 Å². The van der Waals surface area contributed by atoms with Crippen LogP contribution in [0.5, 0.6) is 0 Å². The number of carbonyl (C=O) groups excluding carboxylic acids is 2. The Hall–Kier alpha value is -2.87. The van der Waals surface area contributed by atoms with Gasteiger partial charge in [-0.05, 0) is 37.1 Å². The monoisotopic (exact) mass is 384 g/mol. The molecule has 2 aliphatic heterocycles. The van der Waals surface area contributed by atoms with E-state index >= 15 is 0 Å². The molecule has 0 unspecified atom stereocenters. The number of furan rings is 1. The molecule has 8 heteroatoms. The van der Waals surface area contributed by atoms with Crippen LogP contribution in [0.4, 0.5) is 5.82 Å². The molecule has 2 fully saturated rings. The Morgan fingerprint density at radius 2 is 1.68 bits per heavy atom. The minimum absolute atomic E-state index is 0.0518. The van der Waals surface area contributed by atoms with Gasteiger partial charge in [-0.25, -0.2) is 4.98 Å². The van der Waals surface area contributed by atoms with Crippen LogP contribution in [0.2, 0.25) is 0 Å². The lowest BCUT2D eigenvalue weighted by Crippen LogP contribution is -2.49. The van der Waals surface area contributed by atoms with Gasteiger partial charge in [-0.2, -0.15) is 0 Å². The lowest BCUT2D eigenvalue weighted by atomic mass is 10.1. The molecule has 0 bridgehead atoms. The maximum atomic E-state index is 13.0. The lowest BCUT2D eigenvalue weighted by molar-refractivity contribution is 0.0545. The number of piperidine rings is 1. The summed E-state index contributed by atoms with van der Waals surface area (Å²) >= 11 is 0. The molecule has 0 aliphatic carbocycles. The molecule has 0 saturated carbocycles. The fraction of sp³-hybridized carbons (Fsp3) is 0.450. The fourth-order valence-corrected chi connectivity index (χ4v) is 3.73. The Morgan fingerprint density at radius 1 is 0.964 bits per heavy atom. The van der Waals surface area contributed by atoms with Gasteiger partial charge in [0.2, 0.25) is 0 Å². The van der Waals surface area contributed by atoms with E-state index in [1.807, 2.05) is 0 Å². The Labute approximate surface area is 163 Å². The van der Waals surface area contributed by atoms with E-state index in [1.54, 1.807) is 40.3 Å². The number of pyridine rings is 1. The molecular formula is C20H24N4O4. The normalized spacial score (nSPS) is 18.4. The molecule has 4 rings (SSSR count). The van der Waals surface area contributed by atoms with E-state index in [9.17, 15) is 14.7 Å². The van der Waals surface area contributed by atoms with Crippen LogP contribution in [0.1, 0.15) is 33.8 Å². The molecule has 2 saturated heterocycles. The maximum Gasteiger partial charge on any atom is 0.289 e. The van der Waals surface area contributed by atoms with Crippen LogP contribution in [0.25, 0.3) is 0 Å². The number of anilines is 1. The number of hydrogen-bond donors (Lipinski definition) is 1. The average Bonchev–Trinajstić information content (AvgIpc) is 3.28. The first-order chi connectivity index (χ1) is 13.6. The molecule has 148 valence electrons. The molecule has 2 aliphatic rings. The van der Waals surface area contributed by atoms with Crippen LogP contribution in [0.3, 0.4) is 0 Å². The van der Waals surface area contributed by atoms with Gasteiger partial charge in [-0.1, -0.05) is 0 Å². The summed E-state index contributed by atoms with van der Waals surface area (Å²) in [5.74, 6) is 0.830. The smallest absolute Gasteiger partial charge is 0.289 e. The molecule has 0 radical (unpaired) electrons. The highest BCUT2D eigenvalue weighted by molar-refractivity contribution is 5.99. The third kappa shape index (κ3) is 3.73. The number of aliphatic hydroxyl groups is 1. The molecule has 1 N–H and O–H groups in total. The Bertz CT molecular complexity index is 822. The summed E-state index contributed by atoms with van der Waals surface area (Å²) in [5, 5.41) is 9.68. The zero-order chi connectivity index (χ0) is 19.5. The minimum Gasteiger partial charge on any atom is -0.459 e. The zero-order valence-electron chi connectivity index (χ0n) is 15.7. The van der Waals surface area contributed by atoms with Crippen LogP contribution < -0.4 is 4.90 Å². The van der Waals surface area contributed by atoms with Crippen LogP contribution in [0.15, 0.2) is 41.1 Å². The quantitative estimate of drug-likeness (QED) is 0.856. The highest BCUT2D eigenvalue weighted by atomic mass is 16.3. The van der Waals surface area contributed by atoms with Gasteiger partial charge in [-0.15, -0.1) is 0 Å². The lowest BCUT2D eigenvalue weighted by Gasteiger charge is -2.36. The predicted octanol–water partition coefficient (Wildman–Crippen LogP) is 1.23. The standard InChI is InChI=1S/C20H24N4O4/c25-15-5-8-23(9-6-15)19(26)16-3-1-7-21-18(16)22-10-12-24(13-11-22)20(27)17-4-2-14-28-17/h1-4,7,14-15,25H,5-6,8-13H2. The molecule has 8 nitrogen and oxygen atoms in total. The van der Waals surface area contributed by atoms with Gasteiger partial charge in [-0.3, -0.25) is 9.59 Å². The van der Waals surface area contributed by atoms with Crippen molar-refractivity contribution in [3.8, 4) is 0 Å². The number of likely N-dealkylation sites (tertiary alicyclic amines) is 1. The van der Waals surface area contributed by atoms with Crippen LogP contribution in [-0.2, 0) is 0 Å². The summed E-state index contributed by atoms with van der Waals surface area (Å²) < 4.78 is 5.20. The zero-order valence-corrected chi connectivity index (χ0v) is 15.7. The number of piperazine rings is 1. The van der Waals surface area contributed by atoms with Gasteiger partial charge in [0, 0.05) is 45.5 Å². The maximum absolute atomic E-state index is 13.0. The predicted molar refractivity (Wildman–Crippen MR) is 102 cm³/mol. The second-order valence-electron chi connectivity index (χ2n) is 7.15. The van der Waals surface area contributed by atoms with Gasteiger partial charge in [0.25, 0.3) is 11.8 Å². The third-order valence-electron chi connectivity index (χ3n) is 5.37. The number of carbonyl (C=O) groups is 2. The number of nitrogens with zero attached hydrogens (tertiary/aromatic N) is 4. The van der Waals surface area contributed by atoms with Crippen molar-refractivity contribution in [2.75, 3.05) is 44.2 Å². The first-order valence-electron chi connectivity index (χ1n) is 9.63. The number of aliphatic hydroxyl groups excluding tert-OH is 1. The van der Waals surface area contributed by atoms with Crippen molar-refractivity contribution >= 4 is 17.6 Å². The SMILES string of the molecule is O=C(c1ccco1)N1CCN(c2ncccc2C(=O)N2CCC(O)CC2)CC1. The molecule has 0 aromatic carbocycles. The number of aromatic nitrogens is 1.